The summed E-state index contributed by atoms with van der Waals surface area (Å²) in [6, 6.07) is 14.5. The van der Waals surface area contributed by atoms with Crippen LogP contribution in [0.25, 0.3) is 11.3 Å². The third-order valence-electron chi connectivity index (χ3n) is 3.40. The maximum absolute atomic E-state index is 12.0. The van der Waals surface area contributed by atoms with Crippen LogP contribution in [0.1, 0.15) is 0 Å². The normalized spacial score (nSPS) is 10.3. The van der Waals surface area contributed by atoms with Crippen molar-refractivity contribution in [3.05, 3.63) is 53.9 Å². The van der Waals surface area contributed by atoms with Crippen LogP contribution < -0.4 is 20.5 Å². The Labute approximate surface area is 149 Å². The first-order valence-electron chi connectivity index (χ1n) is 7.52. The molecular formula is C18H17N3O3S. The minimum absolute atomic E-state index is 0.0858. The van der Waals surface area contributed by atoms with Crippen LogP contribution in [-0.4, -0.2) is 24.6 Å². The SMILES string of the molecule is COc1cccc(OCC(=O)Nc2ccc(-c3csc(N)n3)cc2)c1. The lowest BCUT2D eigenvalue weighted by atomic mass is 10.1. The molecule has 25 heavy (non-hydrogen) atoms. The lowest BCUT2D eigenvalue weighted by molar-refractivity contribution is -0.118. The van der Waals surface area contributed by atoms with E-state index in [4.69, 9.17) is 15.2 Å². The first kappa shape index (κ1) is 16.8. The third kappa shape index (κ3) is 4.48. The fourth-order valence-electron chi connectivity index (χ4n) is 2.18. The standard InChI is InChI=1S/C18H17N3O3S/c1-23-14-3-2-4-15(9-14)24-10-17(22)20-13-7-5-12(6-8-13)16-11-25-18(19)21-16/h2-9,11H,10H2,1H3,(H2,19,21)(H,20,22). The van der Waals surface area contributed by atoms with Gasteiger partial charge in [0, 0.05) is 22.7 Å². The number of thiazole rings is 1. The second-order valence-electron chi connectivity index (χ2n) is 5.16. The topological polar surface area (TPSA) is 86.5 Å². The molecule has 0 bridgehead atoms. The molecule has 0 atom stereocenters. The molecule has 0 aliphatic carbocycles. The minimum atomic E-state index is -0.242. The number of nitrogens with one attached hydrogen (secondary N) is 1. The van der Waals surface area contributed by atoms with Gasteiger partial charge in [0.05, 0.1) is 12.8 Å². The Balaban J connectivity index is 1.55. The largest absolute Gasteiger partial charge is 0.497 e. The lowest BCUT2D eigenvalue weighted by Crippen LogP contribution is -2.20. The molecule has 0 radical (unpaired) electrons. The van der Waals surface area contributed by atoms with E-state index in [9.17, 15) is 4.79 Å². The van der Waals surface area contributed by atoms with E-state index >= 15 is 0 Å². The van der Waals surface area contributed by atoms with E-state index in [1.54, 1.807) is 25.3 Å². The predicted molar refractivity (Wildman–Crippen MR) is 99.1 cm³/mol. The fourth-order valence-corrected chi connectivity index (χ4v) is 2.75. The summed E-state index contributed by atoms with van der Waals surface area (Å²) < 4.78 is 10.6. The van der Waals surface area contributed by atoms with Gasteiger partial charge in [0.1, 0.15) is 11.5 Å². The van der Waals surface area contributed by atoms with Gasteiger partial charge < -0.3 is 20.5 Å². The number of carbonyl (C=O) groups is 1. The van der Waals surface area contributed by atoms with Crippen LogP contribution in [0.3, 0.4) is 0 Å². The van der Waals surface area contributed by atoms with Gasteiger partial charge in [-0.25, -0.2) is 4.98 Å². The van der Waals surface area contributed by atoms with E-state index in [-0.39, 0.29) is 12.5 Å². The molecule has 0 aliphatic heterocycles. The van der Waals surface area contributed by atoms with Crippen molar-refractivity contribution in [2.75, 3.05) is 24.8 Å². The molecule has 2 aromatic carbocycles. The smallest absolute Gasteiger partial charge is 0.262 e. The van der Waals surface area contributed by atoms with Gasteiger partial charge in [-0.05, 0) is 24.3 Å². The molecule has 0 fully saturated rings. The highest BCUT2D eigenvalue weighted by Crippen LogP contribution is 2.24. The van der Waals surface area contributed by atoms with E-state index in [1.165, 1.54) is 11.3 Å². The van der Waals surface area contributed by atoms with Crippen molar-refractivity contribution in [3.63, 3.8) is 0 Å². The monoisotopic (exact) mass is 355 g/mol. The molecule has 1 heterocycles. The molecule has 7 heteroatoms. The number of anilines is 2. The van der Waals surface area contributed by atoms with Crippen LogP contribution >= 0.6 is 11.3 Å². The van der Waals surface area contributed by atoms with Gasteiger partial charge in [-0.2, -0.15) is 0 Å². The highest BCUT2D eigenvalue weighted by molar-refractivity contribution is 7.13. The zero-order valence-electron chi connectivity index (χ0n) is 13.6. The number of methoxy groups -OCH3 is 1. The molecule has 0 spiro atoms. The van der Waals surface area contributed by atoms with Crippen LogP contribution in [0.4, 0.5) is 10.8 Å². The molecule has 0 saturated heterocycles. The van der Waals surface area contributed by atoms with Gasteiger partial charge in [-0.1, -0.05) is 18.2 Å². The van der Waals surface area contributed by atoms with Crippen molar-refractivity contribution >= 4 is 28.1 Å². The van der Waals surface area contributed by atoms with E-state index in [2.05, 4.69) is 10.3 Å². The van der Waals surface area contributed by atoms with Crippen LogP contribution in [0, 0.1) is 0 Å². The number of nitrogens with zero attached hydrogens (tertiary/aromatic N) is 1. The maximum Gasteiger partial charge on any atom is 0.262 e. The van der Waals surface area contributed by atoms with Gasteiger partial charge in [-0.15, -0.1) is 11.3 Å². The molecule has 0 aliphatic rings. The zero-order chi connectivity index (χ0) is 17.6. The molecule has 3 aromatic rings. The summed E-state index contributed by atoms with van der Waals surface area (Å²) in [5, 5.41) is 5.21. The van der Waals surface area contributed by atoms with Gasteiger partial charge in [0.15, 0.2) is 11.7 Å². The van der Waals surface area contributed by atoms with Crippen molar-refractivity contribution in [2.45, 2.75) is 0 Å². The Morgan fingerprint density at radius 2 is 1.96 bits per heavy atom. The number of hydrogen-bond donors (Lipinski definition) is 2. The van der Waals surface area contributed by atoms with Crippen LogP contribution in [0.15, 0.2) is 53.9 Å². The number of rotatable bonds is 6. The summed E-state index contributed by atoms with van der Waals surface area (Å²) in [6.07, 6.45) is 0. The first-order chi connectivity index (χ1) is 12.1. The van der Waals surface area contributed by atoms with E-state index in [0.29, 0.717) is 22.3 Å². The molecular weight excluding hydrogens is 338 g/mol. The molecule has 1 amide bonds. The number of amides is 1. The number of nitrogen functional groups attached to an aromatic ring is 1. The van der Waals surface area contributed by atoms with Gasteiger partial charge >= 0.3 is 0 Å². The fraction of sp³-hybridized carbons (Fsp3) is 0.111. The first-order valence-corrected chi connectivity index (χ1v) is 8.40. The zero-order valence-corrected chi connectivity index (χ0v) is 14.4. The second kappa shape index (κ2) is 7.67. The van der Waals surface area contributed by atoms with Crippen LogP contribution in [0.5, 0.6) is 11.5 Å². The lowest BCUT2D eigenvalue weighted by Gasteiger charge is -2.09. The average molecular weight is 355 g/mol. The maximum atomic E-state index is 12.0. The Hall–Kier alpha value is -3.06. The summed E-state index contributed by atoms with van der Waals surface area (Å²) in [7, 11) is 1.58. The number of hydrogen-bond acceptors (Lipinski definition) is 6. The van der Waals surface area contributed by atoms with Gasteiger partial charge in [0.2, 0.25) is 0 Å². The Morgan fingerprint density at radius 1 is 1.20 bits per heavy atom. The minimum Gasteiger partial charge on any atom is -0.497 e. The number of benzene rings is 2. The molecule has 6 nitrogen and oxygen atoms in total. The van der Waals surface area contributed by atoms with Crippen molar-refractivity contribution in [1.29, 1.82) is 0 Å². The van der Waals surface area contributed by atoms with E-state index < -0.39 is 0 Å². The number of nitrogens with two attached hydrogens (primary N) is 1. The second-order valence-corrected chi connectivity index (χ2v) is 6.05. The van der Waals surface area contributed by atoms with Gasteiger partial charge in [-0.3, -0.25) is 4.79 Å². The number of ether oxygens (including phenoxy) is 2. The average Bonchev–Trinajstić information content (AvgIpc) is 3.07. The Bertz CT molecular complexity index is 862. The quantitative estimate of drug-likeness (QED) is 0.707. The van der Waals surface area contributed by atoms with Gasteiger partial charge in [0.25, 0.3) is 5.91 Å². The summed E-state index contributed by atoms with van der Waals surface area (Å²) in [6.45, 7) is -0.0858. The third-order valence-corrected chi connectivity index (χ3v) is 4.07. The van der Waals surface area contributed by atoms with Crippen molar-refractivity contribution in [1.82, 2.24) is 4.98 Å². The molecule has 0 saturated carbocycles. The number of aromatic nitrogens is 1. The number of carbonyl (C=O) groups excluding carboxylic acids is 1. The van der Waals surface area contributed by atoms with Crippen LogP contribution in [-0.2, 0) is 4.79 Å². The molecule has 3 N–H and O–H groups in total. The van der Waals surface area contributed by atoms with Crippen molar-refractivity contribution < 1.29 is 14.3 Å². The van der Waals surface area contributed by atoms with Crippen LogP contribution in [0.2, 0.25) is 0 Å². The van der Waals surface area contributed by atoms with Crippen molar-refractivity contribution in [3.8, 4) is 22.8 Å². The Kier molecular flexibility index (Phi) is 5.15. The Morgan fingerprint density at radius 3 is 2.64 bits per heavy atom. The molecule has 0 unspecified atom stereocenters. The summed E-state index contributed by atoms with van der Waals surface area (Å²) in [4.78, 5) is 16.2. The molecule has 1 aromatic heterocycles. The van der Waals surface area contributed by atoms with Crippen molar-refractivity contribution in [2.24, 2.45) is 0 Å². The molecule has 128 valence electrons. The summed E-state index contributed by atoms with van der Waals surface area (Å²) >= 11 is 1.39. The highest BCUT2D eigenvalue weighted by Gasteiger charge is 2.06. The van der Waals surface area contributed by atoms with E-state index in [0.717, 1.165) is 11.3 Å². The summed E-state index contributed by atoms with van der Waals surface area (Å²) in [5.74, 6) is 1.01. The molecule has 3 rings (SSSR count). The highest BCUT2D eigenvalue weighted by atomic mass is 32.1. The van der Waals surface area contributed by atoms with E-state index in [1.807, 2.05) is 35.7 Å². The predicted octanol–water partition coefficient (Wildman–Crippen LogP) is 3.42. The summed E-state index contributed by atoms with van der Waals surface area (Å²) in [5.41, 5.74) is 8.09.